The first-order chi connectivity index (χ1) is 12.7. The molecule has 1 N–H and O–H groups in total. The molecule has 0 unspecified atom stereocenters. The fourth-order valence-corrected chi connectivity index (χ4v) is 3.64. The highest BCUT2D eigenvalue weighted by molar-refractivity contribution is 5.86. The highest BCUT2D eigenvalue weighted by atomic mass is 19.1. The van der Waals surface area contributed by atoms with Gasteiger partial charge in [0.2, 0.25) is 5.91 Å². The van der Waals surface area contributed by atoms with Gasteiger partial charge >= 0.3 is 0 Å². The van der Waals surface area contributed by atoms with Gasteiger partial charge in [-0.2, -0.15) is 0 Å². The lowest BCUT2D eigenvalue weighted by molar-refractivity contribution is -0.121. The van der Waals surface area contributed by atoms with Crippen LogP contribution < -0.4 is 5.32 Å². The number of hydrogen-bond acceptors (Lipinski definition) is 1. The van der Waals surface area contributed by atoms with E-state index in [1.54, 1.807) is 12.1 Å². The van der Waals surface area contributed by atoms with Crippen molar-refractivity contribution >= 4 is 16.8 Å². The minimum atomic E-state index is -0.269. The number of benzene rings is 2. The molecule has 0 saturated heterocycles. The monoisotopic (exact) mass is 350 g/mol. The summed E-state index contributed by atoms with van der Waals surface area (Å²) in [5, 5.41) is 4.20. The molecule has 1 saturated carbocycles. The molecule has 1 aliphatic carbocycles. The molecule has 26 heavy (non-hydrogen) atoms. The maximum Gasteiger partial charge on any atom is 0.221 e. The third-order valence-corrected chi connectivity index (χ3v) is 5.12. The molecular weight excluding hydrogens is 327 g/mol. The van der Waals surface area contributed by atoms with Crippen LogP contribution in [0, 0.1) is 5.82 Å². The van der Waals surface area contributed by atoms with Crippen molar-refractivity contribution in [3.8, 4) is 0 Å². The normalized spacial score (nSPS) is 15.2. The number of aromatic nitrogens is 1. The van der Waals surface area contributed by atoms with Gasteiger partial charge in [0.1, 0.15) is 5.82 Å². The lowest BCUT2D eigenvalue weighted by atomic mass is 9.88. The number of carbonyl (C=O) groups is 1. The van der Waals surface area contributed by atoms with Gasteiger partial charge in [0.05, 0.1) is 0 Å². The Hall–Kier alpha value is -2.62. The Labute approximate surface area is 152 Å². The lowest BCUT2D eigenvalue weighted by Gasteiger charge is -2.17. The van der Waals surface area contributed by atoms with Crippen LogP contribution in [0.4, 0.5) is 4.39 Å². The summed E-state index contributed by atoms with van der Waals surface area (Å²) >= 11 is 0. The van der Waals surface area contributed by atoms with Crippen molar-refractivity contribution in [2.45, 2.75) is 44.7 Å². The summed E-state index contributed by atoms with van der Waals surface area (Å²) in [5.74, 6) is -0.397. The highest BCUT2D eigenvalue weighted by Gasteiger charge is 2.27. The highest BCUT2D eigenvalue weighted by Crippen LogP contribution is 2.35. The van der Waals surface area contributed by atoms with Gasteiger partial charge in [0.25, 0.3) is 0 Å². The number of rotatable bonds is 6. The quantitative estimate of drug-likeness (QED) is 0.692. The Morgan fingerprint density at radius 2 is 2.04 bits per heavy atom. The summed E-state index contributed by atoms with van der Waals surface area (Å²) < 4.78 is 16.1. The first kappa shape index (κ1) is 16.8. The van der Waals surface area contributed by atoms with Crippen LogP contribution in [0.1, 0.15) is 43.2 Å². The van der Waals surface area contributed by atoms with Crippen molar-refractivity contribution in [3.05, 3.63) is 71.7 Å². The van der Waals surface area contributed by atoms with E-state index in [0.717, 1.165) is 41.4 Å². The molecule has 0 spiro atoms. The number of hydrogen-bond donors (Lipinski definition) is 1. The first-order valence-electron chi connectivity index (χ1n) is 9.28. The molecule has 3 nitrogen and oxygen atoms in total. The predicted molar refractivity (Wildman–Crippen MR) is 102 cm³/mol. The standard InChI is InChI=1S/C22H23FN2O/c1-2-25-14-20(18-8-3-4-9-21(18)25)19(13-22(26)24-17-10-11-17)15-6-5-7-16(23)12-15/h3-9,12,14,17,19H,2,10-11,13H2,1H3,(H,24,26)/t19-/m1/s1. The minimum absolute atomic E-state index is 0.0371. The number of amides is 1. The van der Waals surface area contributed by atoms with E-state index in [9.17, 15) is 9.18 Å². The molecule has 1 heterocycles. The summed E-state index contributed by atoms with van der Waals surface area (Å²) in [6, 6.07) is 15.2. The Bertz CT molecular complexity index is 942. The number of nitrogens with zero attached hydrogens (tertiary/aromatic N) is 1. The van der Waals surface area contributed by atoms with Gasteiger partial charge in [-0.15, -0.1) is 0 Å². The average molecular weight is 350 g/mol. The Kier molecular flexibility index (Phi) is 4.49. The molecule has 0 radical (unpaired) electrons. The molecule has 4 rings (SSSR count). The number of aryl methyl sites for hydroxylation is 1. The Morgan fingerprint density at radius 1 is 1.23 bits per heavy atom. The van der Waals surface area contributed by atoms with E-state index < -0.39 is 0 Å². The summed E-state index contributed by atoms with van der Waals surface area (Å²) in [7, 11) is 0. The molecule has 2 aromatic carbocycles. The Morgan fingerprint density at radius 3 is 2.77 bits per heavy atom. The van der Waals surface area contributed by atoms with Gasteiger partial charge in [-0.1, -0.05) is 30.3 Å². The molecule has 1 amide bonds. The molecule has 3 aromatic rings. The van der Waals surface area contributed by atoms with E-state index in [1.807, 2.05) is 18.2 Å². The van der Waals surface area contributed by atoms with E-state index in [-0.39, 0.29) is 17.6 Å². The van der Waals surface area contributed by atoms with Crippen molar-refractivity contribution in [2.75, 3.05) is 0 Å². The smallest absolute Gasteiger partial charge is 0.221 e. The van der Waals surface area contributed by atoms with Gasteiger partial charge in [0.15, 0.2) is 0 Å². The van der Waals surface area contributed by atoms with E-state index in [0.29, 0.717) is 12.5 Å². The first-order valence-corrected chi connectivity index (χ1v) is 9.28. The van der Waals surface area contributed by atoms with Gasteiger partial charge in [-0.05, 0) is 49.1 Å². The summed E-state index contributed by atoms with van der Waals surface area (Å²) in [4.78, 5) is 12.5. The zero-order chi connectivity index (χ0) is 18.1. The van der Waals surface area contributed by atoms with Gasteiger partial charge in [-0.25, -0.2) is 4.39 Å². The Balaban J connectivity index is 1.78. The van der Waals surface area contributed by atoms with Crippen LogP contribution in [0.5, 0.6) is 0 Å². The predicted octanol–water partition coefficient (Wildman–Crippen LogP) is 4.60. The number of nitrogens with one attached hydrogen (secondary N) is 1. The molecular formula is C22H23FN2O. The second-order valence-corrected chi connectivity index (χ2v) is 7.04. The van der Waals surface area contributed by atoms with Gasteiger partial charge in [-0.3, -0.25) is 4.79 Å². The summed E-state index contributed by atoms with van der Waals surface area (Å²) in [6.45, 7) is 2.96. The zero-order valence-corrected chi connectivity index (χ0v) is 14.9. The fourth-order valence-electron chi connectivity index (χ4n) is 3.64. The van der Waals surface area contributed by atoms with Crippen LogP contribution in [0.2, 0.25) is 0 Å². The van der Waals surface area contributed by atoms with Crippen LogP contribution in [-0.4, -0.2) is 16.5 Å². The van der Waals surface area contributed by atoms with Gasteiger partial charge < -0.3 is 9.88 Å². The van der Waals surface area contributed by atoms with Crippen molar-refractivity contribution in [3.63, 3.8) is 0 Å². The van der Waals surface area contributed by atoms with Crippen LogP contribution in [-0.2, 0) is 11.3 Å². The van der Waals surface area contributed by atoms with E-state index in [1.165, 1.54) is 6.07 Å². The number of para-hydroxylation sites is 1. The van der Waals surface area contributed by atoms with E-state index in [4.69, 9.17) is 0 Å². The second-order valence-electron chi connectivity index (χ2n) is 7.04. The fraction of sp³-hybridized carbons (Fsp3) is 0.318. The van der Waals surface area contributed by atoms with Crippen LogP contribution in [0.3, 0.4) is 0 Å². The SMILES string of the molecule is CCn1cc([C@H](CC(=O)NC2CC2)c2cccc(F)c2)c2ccccc21. The number of fused-ring (bicyclic) bond motifs is 1. The van der Waals surface area contributed by atoms with Crippen LogP contribution in [0.25, 0.3) is 10.9 Å². The molecule has 134 valence electrons. The van der Waals surface area contributed by atoms with E-state index >= 15 is 0 Å². The third-order valence-electron chi connectivity index (χ3n) is 5.12. The molecule has 1 aromatic heterocycles. The summed E-state index contributed by atoms with van der Waals surface area (Å²) in [6.07, 6.45) is 4.57. The van der Waals surface area contributed by atoms with Crippen LogP contribution in [0.15, 0.2) is 54.7 Å². The molecule has 0 bridgehead atoms. The molecule has 1 fully saturated rings. The topological polar surface area (TPSA) is 34.0 Å². The number of halogens is 1. The molecule has 1 atom stereocenters. The maximum absolute atomic E-state index is 13.9. The lowest BCUT2D eigenvalue weighted by Crippen LogP contribution is -2.27. The third kappa shape index (κ3) is 3.36. The minimum Gasteiger partial charge on any atom is -0.353 e. The molecule has 0 aliphatic heterocycles. The maximum atomic E-state index is 13.9. The van der Waals surface area contributed by atoms with Crippen LogP contribution >= 0.6 is 0 Å². The van der Waals surface area contributed by atoms with Crippen molar-refractivity contribution in [1.82, 2.24) is 9.88 Å². The zero-order valence-electron chi connectivity index (χ0n) is 14.9. The van der Waals surface area contributed by atoms with E-state index in [2.05, 4.69) is 35.1 Å². The largest absolute Gasteiger partial charge is 0.353 e. The van der Waals surface area contributed by atoms with Crippen molar-refractivity contribution < 1.29 is 9.18 Å². The molecule has 1 aliphatic rings. The van der Waals surface area contributed by atoms with Crippen molar-refractivity contribution in [1.29, 1.82) is 0 Å². The van der Waals surface area contributed by atoms with Crippen molar-refractivity contribution in [2.24, 2.45) is 0 Å². The second kappa shape index (κ2) is 6.94. The average Bonchev–Trinajstić information content (AvgIpc) is 3.38. The number of carbonyl (C=O) groups excluding carboxylic acids is 1. The van der Waals surface area contributed by atoms with Gasteiger partial charge in [0, 0.05) is 42.0 Å². The molecule has 4 heteroatoms. The summed E-state index contributed by atoms with van der Waals surface area (Å²) in [5.41, 5.74) is 3.07.